The molecule has 19 heavy (non-hydrogen) atoms. The van der Waals surface area contributed by atoms with E-state index in [2.05, 4.69) is 5.32 Å². The summed E-state index contributed by atoms with van der Waals surface area (Å²) in [6, 6.07) is -0.396. The fourth-order valence-corrected chi connectivity index (χ4v) is 1.95. The zero-order chi connectivity index (χ0) is 14.1. The molecule has 0 aromatic carbocycles. The van der Waals surface area contributed by atoms with Crippen LogP contribution in [0.5, 0.6) is 0 Å². The molecule has 1 aliphatic heterocycles. The Morgan fingerprint density at radius 3 is 2.79 bits per heavy atom. The Balaban J connectivity index is 2.43. The number of unbranched alkanes of at least 4 members (excludes halogenated alkanes) is 1. The number of piperazine rings is 1. The van der Waals surface area contributed by atoms with Gasteiger partial charge in [-0.25, -0.2) is 0 Å². The SMILES string of the molecule is CCCCOC(=O)CN1CCNCC1C(=O)OCC. The molecule has 1 unspecified atom stereocenters. The Kier molecular flexibility index (Phi) is 7.43. The molecule has 0 aromatic heterocycles. The first kappa shape index (κ1) is 15.9. The highest BCUT2D eigenvalue weighted by Crippen LogP contribution is 2.06. The van der Waals surface area contributed by atoms with E-state index >= 15 is 0 Å². The van der Waals surface area contributed by atoms with Gasteiger partial charge in [0.05, 0.1) is 19.8 Å². The van der Waals surface area contributed by atoms with Crippen LogP contribution in [0.2, 0.25) is 0 Å². The highest BCUT2D eigenvalue weighted by Gasteiger charge is 2.31. The van der Waals surface area contributed by atoms with Crippen LogP contribution in [-0.2, 0) is 19.1 Å². The molecule has 1 rings (SSSR count). The normalized spacial score (nSPS) is 20.0. The van der Waals surface area contributed by atoms with Gasteiger partial charge in [-0.1, -0.05) is 13.3 Å². The maximum absolute atomic E-state index is 11.8. The Morgan fingerprint density at radius 2 is 2.11 bits per heavy atom. The lowest BCUT2D eigenvalue weighted by Crippen LogP contribution is -2.56. The van der Waals surface area contributed by atoms with Crippen molar-refractivity contribution >= 4 is 11.9 Å². The van der Waals surface area contributed by atoms with Crippen molar-refractivity contribution in [3.8, 4) is 0 Å². The minimum absolute atomic E-state index is 0.148. The summed E-state index contributed by atoms with van der Waals surface area (Å²) in [6.45, 7) is 6.69. The van der Waals surface area contributed by atoms with Crippen LogP contribution in [0.1, 0.15) is 26.7 Å². The van der Waals surface area contributed by atoms with Crippen LogP contribution in [-0.4, -0.2) is 62.3 Å². The van der Waals surface area contributed by atoms with Crippen molar-refractivity contribution in [2.45, 2.75) is 32.7 Å². The summed E-state index contributed by atoms with van der Waals surface area (Å²) in [4.78, 5) is 25.3. The van der Waals surface area contributed by atoms with Crippen LogP contribution in [0.3, 0.4) is 0 Å². The van der Waals surface area contributed by atoms with Crippen LogP contribution >= 0.6 is 0 Å². The lowest BCUT2D eigenvalue weighted by Gasteiger charge is -2.33. The quantitative estimate of drug-likeness (QED) is 0.526. The van der Waals surface area contributed by atoms with E-state index in [-0.39, 0.29) is 18.5 Å². The molecule has 1 atom stereocenters. The van der Waals surface area contributed by atoms with Gasteiger partial charge >= 0.3 is 11.9 Å². The van der Waals surface area contributed by atoms with Gasteiger partial charge in [-0.2, -0.15) is 0 Å². The number of carbonyl (C=O) groups excluding carboxylic acids is 2. The largest absolute Gasteiger partial charge is 0.465 e. The number of hydrogen-bond donors (Lipinski definition) is 1. The number of nitrogens with one attached hydrogen (secondary N) is 1. The predicted molar refractivity (Wildman–Crippen MR) is 70.7 cm³/mol. The monoisotopic (exact) mass is 272 g/mol. The average molecular weight is 272 g/mol. The highest BCUT2D eigenvalue weighted by molar-refractivity contribution is 5.78. The molecule has 0 spiro atoms. The fraction of sp³-hybridized carbons (Fsp3) is 0.846. The molecule has 0 amide bonds. The zero-order valence-corrected chi connectivity index (χ0v) is 11.8. The van der Waals surface area contributed by atoms with Crippen LogP contribution in [0.25, 0.3) is 0 Å². The van der Waals surface area contributed by atoms with Crippen molar-refractivity contribution in [1.29, 1.82) is 0 Å². The fourth-order valence-electron chi connectivity index (χ4n) is 1.95. The van der Waals surface area contributed by atoms with E-state index in [1.165, 1.54) is 0 Å². The molecule has 0 radical (unpaired) electrons. The van der Waals surface area contributed by atoms with Gasteiger partial charge < -0.3 is 14.8 Å². The van der Waals surface area contributed by atoms with E-state index in [1.54, 1.807) is 6.92 Å². The topological polar surface area (TPSA) is 67.9 Å². The third kappa shape index (κ3) is 5.57. The number of rotatable bonds is 7. The molecular formula is C13H24N2O4. The molecule has 1 aliphatic rings. The minimum atomic E-state index is -0.396. The molecule has 1 heterocycles. The van der Waals surface area contributed by atoms with Gasteiger partial charge in [-0.15, -0.1) is 0 Å². The van der Waals surface area contributed by atoms with Crippen molar-refractivity contribution in [1.82, 2.24) is 10.2 Å². The zero-order valence-electron chi connectivity index (χ0n) is 11.8. The van der Waals surface area contributed by atoms with E-state index in [1.807, 2.05) is 11.8 Å². The van der Waals surface area contributed by atoms with Crippen molar-refractivity contribution in [3.05, 3.63) is 0 Å². The minimum Gasteiger partial charge on any atom is -0.465 e. The number of nitrogens with zero attached hydrogens (tertiary/aromatic N) is 1. The van der Waals surface area contributed by atoms with Crippen molar-refractivity contribution < 1.29 is 19.1 Å². The molecule has 110 valence electrons. The van der Waals surface area contributed by atoms with Crippen LogP contribution in [0, 0.1) is 0 Å². The maximum Gasteiger partial charge on any atom is 0.324 e. The summed E-state index contributed by atoms with van der Waals surface area (Å²) in [5.74, 6) is -0.555. The molecule has 6 heteroatoms. The van der Waals surface area contributed by atoms with Gasteiger partial charge in [-0.3, -0.25) is 14.5 Å². The third-order valence-corrected chi connectivity index (χ3v) is 3.01. The molecular weight excluding hydrogens is 248 g/mol. The van der Waals surface area contributed by atoms with Gasteiger partial charge in [0.1, 0.15) is 6.04 Å². The van der Waals surface area contributed by atoms with Gasteiger partial charge in [-0.05, 0) is 13.3 Å². The van der Waals surface area contributed by atoms with Crippen LogP contribution in [0.4, 0.5) is 0 Å². The number of esters is 2. The Labute approximate surface area is 114 Å². The first-order valence-corrected chi connectivity index (χ1v) is 6.96. The summed E-state index contributed by atoms with van der Waals surface area (Å²) in [6.07, 6.45) is 1.86. The number of carbonyl (C=O) groups is 2. The second-order valence-corrected chi connectivity index (χ2v) is 4.52. The Morgan fingerprint density at radius 1 is 1.32 bits per heavy atom. The van der Waals surface area contributed by atoms with Gasteiger partial charge in [0.2, 0.25) is 0 Å². The number of ether oxygens (including phenoxy) is 2. The standard InChI is InChI=1S/C13H24N2O4/c1-3-5-8-19-12(16)10-15-7-6-14-9-11(15)13(17)18-4-2/h11,14H,3-10H2,1-2H3. The highest BCUT2D eigenvalue weighted by atomic mass is 16.5. The first-order valence-electron chi connectivity index (χ1n) is 6.96. The van der Waals surface area contributed by atoms with Crippen LogP contribution in [0.15, 0.2) is 0 Å². The molecule has 0 aliphatic carbocycles. The van der Waals surface area contributed by atoms with E-state index < -0.39 is 6.04 Å². The van der Waals surface area contributed by atoms with Gasteiger partial charge in [0.15, 0.2) is 0 Å². The van der Waals surface area contributed by atoms with E-state index in [0.29, 0.717) is 26.3 Å². The molecule has 1 N–H and O–H groups in total. The van der Waals surface area contributed by atoms with E-state index in [4.69, 9.17) is 9.47 Å². The molecule has 0 saturated carbocycles. The number of hydrogen-bond acceptors (Lipinski definition) is 6. The van der Waals surface area contributed by atoms with Crippen LogP contribution < -0.4 is 5.32 Å². The maximum atomic E-state index is 11.8. The molecule has 1 fully saturated rings. The summed E-state index contributed by atoms with van der Waals surface area (Å²) in [7, 11) is 0. The smallest absolute Gasteiger partial charge is 0.324 e. The summed E-state index contributed by atoms with van der Waals surface area (Å²) in [5.41, 5.74) is 0. The summed E-state index contributed by atoms with van der Waals surface area (Å²) >= 11 is 0. The second-order valence-electron chi connectivity index (χ2n) is 4.52. The molecule has 0 aromatic rings. The molecule has 1 saturated heterocycles. The summed E-state index contributed by atoms with van der Waals surface area (Å²) < 4.78 is 10.1. The second kappa shape index (κ2) is 8.87. The molecule has 0 bridgehead atoms. The van der Waals surface area contributed by atoms with Crippen molar-refractivity contribution in [2.75, 3.05) is 39.4 Å². The van der Waals surface area contributed by atoms with E-state index in [9.17, 15) is 9.59 Å². The van der Waals surface area contributed by atoms with Crippen molar-refractivity contribution in [2.24, 2.45) is 0 Å². The Bertz CT molecular complexity index is 296. The average Bonchev–Trinajstić information content (AvgIpc) is 2.40. The lowest BCUT2D eigenvalue weighted by atomic mass is 10.2. The first-order chi connectivity index (χ1) is 9.19. The van der Waals surface area contributed by atoms with E-state index in [0.717, 1.165) is 19.4 Å². The predicted octanol–water partition coefficient (Wildman–Crippen LogP) is 0.167. The van der Waals surface area contributed by atoms with Gasteiger partial charge in [0, 0.05) is 19.6 Å². The molecule has 6 nitrogen and oxygen atoms in total. The Hall–Kier alpha value is -1.14. The van der Waals surface area contributed by atoms with Crippen molar-refractivity contribution in [3.63, 3.8) is 0 Å². The third-order valence-electron chi connectivity index (χ3n) is 3.01. The summed E-state index contributed by atoms with van der Waals surface area (Å²) in [5, 5.41) is 3.14. The van der Waals surface area contributed by atoms with Gasteiger partial charge in [0.25, 0.3) is 0 Å². The lowest BCUT2D eigenvalue weighted by molar-refractivity contribution is -0.153.